The number of hydrazone groups is 1. The average molecular weight is 458 g/mol. The van der Waals surface area contributed by atoms with Crippen LogP contribution in [0.2, 0.25) is 0 Å². The molecule has 0 radical (unpaired) electrons. The molecule has 1 aliphatic heterocycles. The van der Waals surface area contributed by atoms with Gasteiger partial charge in [0.25, 0.3) is 5.91 Å². The first-order valence-corrected chi connectivity index (χ1v) is 11.4. The molecule has 11 heteroatoms. The number of hydrogen-bond donors (Lipinski definition) is 2. The van der Waals surface area contributed by atoms with Crippen LogP contribution in [0.4, 0.5) is 14.5 Å². The van der Waals surface area contributed by atoms with Gasteiger partial charge >= 0.3 is 0 Å². The predicted octanol–water partition coefficient (Wildman–Crippen LogP) is 4.11. The topological polar surface area (TPSA) is 97.1 Å². The Bertz CT molecular complexity index is 1170. The second-order valence-corrected chi connectivity index (χ2v) is 8.79. The van der Waals surface area contributed by atoms with Crippen LogP contribution in [0.3, 0.4) is 0 Å². The number of halogens is 2. The Hall–Kier alpha value is -3.21. The van der Waals surface area contributed by atoms with Gasteiger partial charge in [-0.05, 0) is 25.0 Å². The molecule has 1 amide bonds. The molecule has 1 saturated carbocycles. The highest BCUT2D eigenvalue weighted by Gasteiger charge is 2.25. The zero-order chi connectivity index (χ0) is 22.1. The van der Waals surface area contributed by atoms with Gasteiger partial charge in [-0.15, -0.1) is 11.3 Å². The van der Waals surface area contributed by atoms with Crippen LogP contribution in [0.15, 0.2) is 28.8 Å². The molecule has 2 aliphatic rings. The van der Waals surface area contributed by atoms with Crippen LogP contribution < -0.4 is 10.7 Å². The summed E-state index contributed by atoms with van der Waals surface area (Å²) < 4.78 is 30.0. The van der Waals surface area contributed by atoms with E-state index in [-0.39, 0.29) is 34.7 Å². The van der Waals surface area contributed by atoms with Crippen molar-refractivity contribution >= 4 is 29.1 Å². The van der Waals surface area contributed by atoms with E-state index in [1.165, 1.54) is 17.8 Å². The molecule has 0 spiro atoms. The number of carbonyl (C=O) groups is 1. The van der Waals surface area contributed by atoms with Crippen LogP contribution in [-0.4, -0.2) is 38.4 Å². The van der Waals surface area contributed by atoms with Crippen molar-refractivity contribution in [2.24, 2.45) is 5.10 Å². The van der Waals surface area contributed by atoms with Gasteiger partial charge in [0.05, 0.1) is 17.6 Å². The van der Waals surface area contributed by atoms with Gasteiger partial charge in [-0.3, -0.25) is 9.48 Å². The van der Waals surface area contributed by atoms with Crippen LogP contribution >= 0.6 is 11.3 Å². The van der Waals surface area contributed by atoms with E-state index in [1.54, 1.807) is 22.5 Å². The molecule has 166 valence electrons. The van der Waals surface area contributed by atoms with E-state index in [4.69, 9.17) is 0 Å². The minimum atomic E-state index is -0.818. The maximum atomic E-state index is 14.5. The Balaban J connectivity index is 1.46. The molecule has 1 fully saturated rings. The molecule has 0 saturated heterocycles. The molecule has 1 unspecified atom stereocenters. The third kappa shape index (κ3) is 4.12. The van der Waals surface area contributed by atoms with Crippen LogP contribution in [0.1, 0.15) is 59.6 Å². The third-order valence-electron chi connectivity index (χ3n) is 5.69. The van der Waals surface area contributed by atoms with Crippen molar-refractivity contribution in [3.63, 3.8) is 0 Å². The zero-order valence-electron chi connectivity index (χ0n) is 17.1. The molecule has 1 atom stereocenters. The molecule has 4 heterocycles. The fraction of sp³-hybridized carbons (Fsp3) is 0.381. The number of nitrogens with zero attached hydrogens (tertiary/aromatic N) is 5. The van der Waals surface area contributed by atoms with Gasteiger partial charge in [-0.2, -0.15) is 14.6 Å². The van der Waals surface area contributed by atoms with E-state index < -0.39 is 17.7 Å². The number of anilines is 1. The maximum Gasteiger partial charge on any atom is 0.275 e. The van der Waals surface area contributed by atoms with Gasteiger partial charge in [0.2, 0.25) is 5.95 Å². The number of aromatic nitrogens is 4. The van der Waals surface area contributed by atoms with Crippen molar-refractivity contribution in [2.45, 2.75) is 44.1 Å². The lowest BCUT2D eigenvalue weighted by Gasteiger charge is -2.21. The quantitative estimate of drug-likeness (QED) is 0.562. The minimum Gasteiger partial charge on any atom is -0.317 e. The van der Waals surface area contributed by atoms with Crippen LogP contribution in [0.5, 0.6) is 0 Å². The van der Waals surface area contributed by atoms with Crippen molar-refractivity contribution in [1.82, 2.24) is 25.2 Å². The molecule has 0 bridgehead atoms. The predicted molar refractivity (Wildman–Crippen MR) is 117 cm³/mol. The monoisotopic (exact) mass is 457 g/mol. The Morgan fingerprint density at radius 2 is 2.00 bits per heavy atom. The number of nitrogens with one attached hydrogen (secondary N) is 2. The maximum absolute atomic E-state index is 14.5. The zero-order valence-corrected chi connectivity index (χ0v) is 17.9. The molecular formula is C21H21F2N7OS. The molecular weight excluding hydrogens is 436 g/mol. The Kier molecular flexibility index (Phi) is 5.64. The van der Waals surface area contributed by atoms with Crippen molar-refractivity contribution in [2.75, 3.05) is 11.9 Å². The summed E-state index contributed by atoms with van der Waals surface area (Å²) in [7, 11) is 0. The highest BCUT2D eigenvalue weighted by molar-refractivity contribution is 7.10. The fourth-order valence-corrected chi connectivity index (χ4v) is 4.88. The lowest BCUT2D eigenvalue weighted by molar-refractivity contribution is 0.102. The molecule has 8 nitrogen and oxygen atoms in total. The van der Waals surface area contributed by atoms with Crippen molar-refractivity contribution < 1.29 is 13.6 Å². The van der Waals surface area contributed by atoms with Crippen molar-refractivity contribution in [3.8, 4) is 11.4 Å². The summed E-state index contributed by atoms with van der Waals surface area (Å²) in [5.41, 5.74) is 3.26. The molecule has 0 aromatic carbocycles. The first-order chi connectivity index (χ1) is 15.6. The number of amides is 1. The van der Waals surface area contributed by atoms with Gasteiger partial charge in [0, 0.05) is 24.3 Å². The van der Waals surface area contributed by atoms with E-state index in [0.29, 0.717) is 6.54 Å². The minimum absolute atomic E-state index is 0.0248. The summed E-state index contributed by atoms with van der Waals surface area (Å²) in [4.78, 5) is 21.0. The van der Waals surface area contributed by atoms with E-state index in [1.807, 2.05) is 0 Å². The first kappa shape index (κ1) is 20.7. The molecule has 32 heavy (non-hydrogen) atoms. The number of thiazole rings is 1. The summed E-state index contributed by atoms with van der Waals surface area (Å²) in [6.07, 6.45) is 8.65. The smallest absolute Gasteiger partial charge is 0.275 e. The standard InChI is InChI=1S/C21H21F2N7OS/c22-14-6-7-17(23)28-18(14)19-15(10-30(29-19)13-4-2-1-3-5-13)26-20(31)16-11-32-21(27-16)12-8-24-25-9-12/h6-8,10-13,25H,1-5,9H2,(H,26,31). The van der Waals surface area contributed by atoms with Gasteiger partial charge < -0.3 is 10.7 Å². The summed E-state index contributed by atoms with van der Waals surface area (Å²) in [6, 6.07) is 2.10. The lowest BCUT2D eigenvalue weighted by atomic mass is 9.96. The number of rotatable bonds is 5. The summed E-state index contributed by atoms with van der Waals surface area (Å²) in [5, 5.41) is 13.7. The average Bonchev–Trinajstić information content (AvgIpc) is 3.56. The van der Waals surface area contributed by atoms with Gasteiger partial charge in [-0.25, -0.2) is 14.4 Å². The summed E-state index contributed by atoms with van der Waals surface area (Å²) in [5.74, 6) is -1.95. The Morgan fingerprint density at radius 1 is 1.16 bits per heavy atom. The van der Waals surface area contributed by atoms with Crippen molar-refractivity contribution in [3.05, 3.63) is 46.2 Å². The Morgan fingerprint density at radius 3 is 2.78 bits per heavy atom. The molecule has 3 aromatic rings. The first-order valence-electron chi connectivity index (χ1n) is 10.5. The second kappa shape index (κ2) is 8.73. The number of carbonyl (C=O) groups excluding carboxylic acids is 1. The summed E-state index contributed by atoms with van der Waals surface area (Å²) >= 11 is 1.37. The van der Waals surface area contributed by atoms with E-state index in [0.717, 1.165) is 42.8 Å². The largest absolute Gasteiger partial charge is 0.317 e. The van der Waals surface area contributed by atoms with E-state index >= 15 is 0 Å². The third-order valence-corrected chi connectivity index (χ3v) is 6.67. The highest BCUT2D eigenvalue weighted by Crippen LogP contribution is 2.33. The SMILES string of the molecule is O=C(Nc1cn(C2CCCCC2)nc1-c1nc(F)ccc1F)c1csc(C2C=NNC2)n1. The number of hydrogen-bond acceptors (Lipinski definition) is 7. The van der Waals surface area contributed by atoms with E-state index in [9.17, 15) is 13.6 Å². The molecule has 5 rings (SSSR count). The van der Waals surface area contributed by atoms with Crippen LogP contribution in [0.25, 0.3) is 11.4 Å². The van der Waals surface area contributed by atoms with Gasteiger partial charge in [0.15, 0.2) is 5.82 Å². The van der Waals surface area contributed by atoms with Gasteiger partial charge in [-0.1, -0.05) is 19.3 Å². The lowest BCUT2D eigenvalue weighted by Crippen LogP contribution is -2.14. The normalized spacial score (nSPS) is 18.6. The van der Waals surface area contributed by atoms with Crippen molar-refractivity contribution in [1.29, 1.82) is 0 Å². The summed E-state index contributed by atoms with van der Waals surface area (Å²) in [6.45, 7) is 0.636. The van der Waals surface area contributed by atoms with Crippen LogP contribution in [0, 0.1) is 11.8 Å². The van der Waals surface area contributed by atoms with E-state index in [2.05, 4.69) is 30.9 Å². The van der Waals surface area contributed by atoms with Crippen LogP contribution in [-0.2, 0) is 0 Å². The highest BCUT2D eigenvalue weighted by atomic mass is 32.1. The molecule has 2 N–H and O–H groups in total. The molecule has 1 aliphatic carbocycles. The second-order valence-electron chi connectivity index (χ2n) is 7.90. The number of pyridine rings is 1. The Labute approximate surface area is 186 Å². The van der Waals surface area contributed by atoms with Gasteiger partial charge in [0.1, 0.15) is 22.1 Å². The fourth-order valence-electron chi connectivity index (χ4n) is 4.02. The molecule has 3 aromatic heterocycles.